The molecule has 2 N–H and O–H groups in total. The molecule has 0 atom stereocenters. The van der Waals surface area contributed by atoms with Gasteiger partial charge < -0.3 is 9.88 Å². The van der Waals surface area contributed by atoms with E-state index in [9.17, 15) is 0 Å². The van der Waals surface area contributed by atoms with Crippen molar-refractivity contribution in [2.45, 2.75) is 25.9 Å². The molecule has 0 unspecified atom stereocenters. The maximum Gasteiger partial charge on any atom is 0.160 e. The summed E-state index contributed by atoms with van der Waals surface area (Å²) < 4.78 is 2.18. The highest BCUT2D eigenvalue weighted by atomic mass is 15.2. The Balaban J connectivity index is 1.37. The molecule has 7 heteroatoms. The molecule has 3 aromatic heterocycles. The molecule has 0 aliphatic carbocycles. The van der Waals surface area contributed by atoms with E-state index < -0.39 is 0 Å². The number of anilines is 1. The normalized spacial score (nSPS) is 11.0. The lowest BCUT2D eigenvalue weighted by Gasteiger charge is -2.10. The molecule has 126 valence electrons. The van der Waals surface area contributed by atoms with Gasteiger partial charge in [0.05, 0.1) is 18.1 Å². The summed E-state index contributed by atoms with van der Waals surface area (Å²) in [5.41, 5.74) is 2.09. The van der Waals surface area contributed by atoms with Crippen LogP contribution in [0.25, 0.3) is 11.0 Å². The van der Waals surface area contributed by atoms with Crippen LogP contribution in [-0.4, -0.2) is 29.7 Å². The van der Waals surface area contributed by atoms with Crippen molar-refractivity contribution in [3.63, 3.8) is 0 Å². The van der Waals surface area contributed by atoms with Crippen molar-refractivity contribution in [3.05, 3.63) is 66.6 Å². The summed E-state index contributed by atoms with van der Waals surface area (Å²) in [5.74, 6) is 1.75. The number of aromatic amines is 1. The first-order chi connectivity index (χ1) is 12.4. The maximum absolute atomic E-state index is 4.46. The van der Waals surface area contributed by atoms with E-state index in [2.05, 4.69) is 59.3 Å². The molecule has 0 saturated heterocycles. The fourth-order valence-electron chi connectivity index (χ4n) is 2.88. The van der Waals surface area contributed by atoms with Crippen LogP contribution in [-0.2, 0) is 19.5 Å². The molecule has 4 aromatic rings. The lowest BCUT2D eigenvalue weighted by atomic mass is 10.1. The van der Waals surface area contributed by atoms with E-state index in [4.69, 9.17) is 0 Å². The van der Waals surface area contributed by atoms with Gasteiger partial charge in [-0.25, -0.2) is 15.0 Å². The van der Waals surface area contributed by atoms with Gasteiger partial charge in [0, 0.05) is 18.9 Å². The molecule has 0 spiro atoms. The van der Waals surface area contributed by atoms with Gasteiger partial charge in [0.25, 0.3) is 0 Å². The number of imidazole rings is 1. The number of rotatable bonds is 7. The van der Waals surface area contributed by atoms with Gasteiger partial charge in [-0.1, -0.05) is 30.3 Å². The van der Waals surface area contributed by atoms with Crippen molar-refractivity contribution < 1.29 is 0 Å². The largest absolute Gasteiger partial charge is 0.362 e. The molecule has 0 aliphatic rings. The first-order valence-corrected chi connectivity index (χ1v) is 8.32. The minimum Gasteiger partial charge on any atom is -0.362 e. The van der Waals surface area contributed by atoms with Crippen LogP contribution in [0.3, 0.4) is 0 Å². The van der Waals surface area contributed by atoms with Crippen LogP contribution in [0.1, 0.15) is 17.8 Å². The predicted octanol–water partition coefficient (Wildman–Crippen LogP) is 2.79. The SMILES string of the molecule is c1ccc(CCCn2ccnc2CNc2ncnc3[nH]ncc23)cc1. The van der Waals surface area contributed by atoms with Crippen molar-refractivity contribution in [2.75, 3.05) is 5.32 Å². The van der Waals surface area contributed by atoms with Crippen LogP contribution in [0.5, 0.6) is 0 Å². The molecule has 7 nitrogen and oxygen atoms in total. The molecule has 1 aromatic carbocycles. The zero-order valence-electron chi connectivity index (χ0n) is 13.8. The quantitative estimate of drug-likeness (QED) is 0.543. The van der Waals surface area contributed by atoms with E-state index in [0.717, 1.165) is 42.1 Å². The third kappa shape index (κ3) is 3.50. The molecular formula is C18H19N7. The summed E-state index contributed by atoms with van der Waals surface area (Å²) in [4.78, 5) is 12.9. The molecule has 0 radical (unpaired) electrons. The number of nitrogens with zero attached hydrogens (tertiary/aromatic N) is 5. The minimum absolute atomic E-state index is 0.607. The first-order valence-electron chi connectivity index (χ1n) is 8.32. The standard InChI is InChI=1S/C18H19N7/c1-2-5-14(6-3-1)7-4-9-25-10-8-19-16(25)12-20-17-15-11-23-24-18(15)22-13-21-17/h1-3,5-6,8,10-11,13H,4,7,9,12H2,(H2,20,21,22,23,24). The van der Waals surface area contributed by atoms with Crippen LogP contribution in [0.2, 0.25) is 0 Å². The lowest BCUT2D eigenvalue weighted by molar-refractivity contribution is 0.615. The summed E-state index contributed by atoms with van der Waals surface area (Å²) in [6.07, 6.45) is 9.25. The van der Waals surface area contributed by atoms with Crippen LogP contribution in [0.4, 0.5) is 5.82 Å². The average Bonchev–Trinajstić information content (AvgIpc) is 3.30. The molecule has 0 saturated carbocycles. The van der Waals surface area contributed by atoms with Gasteiger partial charge >= 0.3 is 0 Å². The number of aromatic nitrogens is 6. The molecule has 4 rings (SSSR count). The number of nitrogens with one attached hydrogen (secondary N) is 2. The highest BCUT2D eigenvalue weighted by Crippen LogP contribution is 2.16. The van der Waals surface area contributed by atoms with Crippen molar-refractivity contribution in [1.82, 2.24) is 29.7 Å². The van der Waals surface area contributed by atoms with Crippen LogP contribution in [0.15, 0.2) is 55.2 Å². The van der Waals surface area contributed by atoms with Crippen LogP contribution in [0, 0.1) is 0 Å². The molecule has 0 bridgehead atoms. The topological polar surface area (TPSA) is 84.3 Å². The Kier molecular flexibility index (Phi) is 4.37. The number of aryl methyl sites for hydroxylation is 2. The van der Waals surface area contributed by atoms with Gasteiger partial charge in [-0.3, -0.25) is 5.10 Å². The van der Waals surface area contributed by atoms with Gasteiger partial charge in [-0.2, -0.15) is 5.10 Å². The number of fused-ring (bicyclic) bond motifs is 1. The van der Waals surface area contributed by atoms with Gasteiger partial charge in [-0.15, -0.1) is 0 Å². The second-order valence-corrected chi connectivity index (χ2v) is 5.83. The Hall–Kier alpha value is -3.22. The lowest BCUT2D eigenvalue weighted by Crippen LogP contribution is -2.10. The second kappa shape index (κ2) is 7.12. The monoisotopic (exact) mass is 333 g/mol. The Morgan fingerprint density at radius 1 is 1.08 bits per heavy atom. The van der Waals surface area contributed by atoms with E-state index in [1.54, 1.807) is 6.20 Å². The van der Waals surface area contributed by atoms with Crippen molar-refractivity contribution in [1.29, 1.82) is 0 Å². The van der Waals surface area contributed by atoms with E-state index in [1.807, 2.05) is 18.5 Å². The molecule has 0 fully saturated rings. The average molecular weight is 333 g/mol. The summed E-state index contributed by atoms with van der Waals surface area (Å²) in [5, 5.41) is 11.1. The van der Waals surface area contributed by atoms with Crippen molar-refractivity contribution in [3.8, 4) is 0 Å². The summed E-state index contributed by atoms with van der Waals surface area (Å²) in [6, 6.07) is 10.6. The summed E-state index contributed by atoms with van der Waals surface area (Å²) >= 11 is 0. The van der Waals surface area contributed by atoms with E-state index in [0.29, 0.717) is 6.54 Å². The van der Waals surface area contributed by atoms with E-state index >= 15 is 0 Å². The smallest absolute Gasteiger partial charge is 0.160 e. The maximum atomic E-state index is 4.46. The number of hydrogen-bond acceptors (Lipinski definition) is 5. The molecule has 25 heavy (non-hydrogen) atoms. The highest BCUT2D eigenvalue weighted by Gasteiger charge is 2.07. The Morgan fingerprint density at radius 3 is 2.92 bits per heavy atom. The van der Waals surface area contributed by atoms with Crippen LogP contribution < -0.4 is 5.32 Å². The van der Waals surface area contributed by atoms with E-state index in [-0.39, 0.29) is 0 Å². The minimum atomic E-state index is 0.607. The van der Waals surface area contributed by atoms with Crippen molar-refractivity contribution >= 4 is 16.9 Å². The zero-order chi connectivity index (χ0) is 16.9. The Bertz CT molecular complexity index is 942. The third-order valence-corrected chi connectivity index (χ3v) is 4.17. The Morgan fingerprint density at radius 2 is 2.00 bits per heavy atom. The van der Waals surface area contributed by atoms with Gasteiger partial charge in [0.1, 0.15) is 18.0 Å². The van der Waals surface area contributed by atoms with Gasteiger partial charge in [0.2, 0.25) is 0 Å². The molecule has 0 aliphatic heterocycles. The van der Waals surface area contributed by atoms with Crippen molar-refractivity contribution in [2.24, 2.45) is 0 Å². The highest BCUT2D eigenvalue weighted by molar-refractivity contribution is 5.85. The summed E-state index contributed by atoms with van der Waals surface area (Å²) in [7, 11) is 0. The molecule has 0 amide bonds. The molecular weight excluding hydrogens is 314 g/mol. The molecule has 3 heterocycles. The summed E-state index contributed by atoms with van der Waals surface area (Å²) in [6.45, 7) is 1.55. The third-order valence-electron chi connectivity index (χ3n) is 4.17. The fraction of sp³-hybridized carbons (Fsp3) is 0.222. The van der Waals surface area contributed by atoms with Gasteiger partial charge in [-0.05, 0) is 18.4 Å². The zero-order valence-corrected chi connectivity index (χ0v) is 13.8. The second-order valence-electron chi connectivity index (χ2n) is 5.83. The van der Waals surface area contributed by atoms with Crippen LogP contribution >= 0.6 is 0 Å². The number of benzene rings is 1. The predicted molar refractivity (Wildman–Crippen MR) is 96.0 cm³/mol. The first kappa shape index (κ1) is 15.3. The van der Waals surface area contributed by atoms with Gasteiger partial charge in [0.15, 0.2) is 5.65 Å². The van der Waals surface area contributed by atoms with E-state index in [1.165, 1.54) is 11.9 Å². The fourth-order valence-corrected chi connectivity index (χ4v) is 2.88. The number of hydrogen-bond donors (Lipinski definition) is 2. The number of H-pyrrole nitrogens is 1. The Labute approximate surface area is 145 Å².